The minimum atomic E-state index is 0.105. The molecule has 4 heterocycles. The van der Waals surface area contributed by atoms with Crippen LogP contribution in [0.5, 0.6) is 11.6 Å². The lowest BCUT2D eigenvalue weighted by Crippen LogP contribution is -2.42. The van der Waals surface area contributed by atoms with E-state index in [1.807, 2.05) is 25.1 Å². The third kappa shape index (κ3) is 3.40. The molecule has 0 spiro atoms. The lowest BCUT2D eigenvalue weighted by Gasteiger charge is -2.28. The quantitative estimate of drug-likeness (QED) is 0.626. The summed E-state index contributed by atoms with van der Waals surface area (Å²) in [5.74, 6) is 0.632. The van der Waals surface area contributed by atoms with Crippen LogP contribution >= 0.6 is 0 Å². The van der Waals surface area contributed by atoms with Gasteiger partial charge < -0.3 is 20.9 Å². The lowest BCUT2D eigenvalue weighted by molar-refractivity contribution is 0.130. The van der Waals surface area contributed by atoms with Crippen molar-refractivity contribution in [2.75, 3.05) is 5.73 Å². The molecule has 4 N–H and O–H groups in total. The summed E-state index contributed by atoms with van der Waals surface area (Å²) in [6.07, 6.45) is 6.27. The van der Waals surface area contributed by atoms with Gasteiger partial charge in [-0.2, -0.15) is 5.10 Å². The van der Waals surface area contributed by atoms with Crippen LogP contribution < -0.4 is 15.8 Å². The van der Waals surface area contributed by atoms with Crippen LogP contribution in [0.3, 0.4) is 0 Å². The summed E-state index contributed by atoms with van der Waals surface area (Å²) in [5.41, 5.74) is 9.21. The minimum Gasteiger partial charge on any atom is -0.507 e. The van der Waals surface area contributed by atoms with Gasteiger partial charge in [-0.1, -0.05) is 0 Å². The van der Waals surface area contributed by atoms with E-state index in [-0.39, 0.29) is 11.9 Å². The Hall–Kier alpha value is -3.13. The maximum atomic E-state index is 10.5. The van der Waals surface area contributed by atoms with Gasteiger partial charge in [-0.15, -0.1) is 10.2 Å². The van der Waals surface area contributed by atoms with Crippen LogP contribution in [0.2, 0.25) is 0 Å². The number of fused-ring (bicyclic) bond motifs is 2. The Morgan fingerprint density at radius 2 is 1.93 bits per heavy atom. The van der Waals surface area contributed by atoms with E-state index >= 15 is 0 Å². The molecule has 3 aromatic rings. The number of ether oxygens (including phenoxy) is 1. The van der Waals surface area contributed by atoms with E-state index < -0.39 is 0 Å². The Labute approximate surface area is 168 Å². The van der Waals surface area contributed by atoms with E-state index in [9.17, 15) is 5.11 Å². The molecule has 2 aromatic heterocycles. The molecule has 0 amide bonds. The molecule has 2 aliphatic heterocycles. The van der Waals surface area contributed by atoms with Crippen molar-refractivity contribution in [3.05, 3.63) is 42.2 Å². The number of rotatable bonds is 4. The van der Waals surface area contributed by atoms with Crippen molar-refractivity contribution >= 4 is 5.69 Å². The summed E-state index contributed by atoms with van der Waals surface area (Å²) in [4.78, 5) is 0. The number of aromatic nitrogens is 4. The summed E-state index contributed by atoms with van der Waals surface area (Å²) in [6, 6.07) is 10.1. The first-order valence-electron chi connectivity index (χ1n) is 9.97. The molecule has 0 radical (unpaired) electrons. The van der Waals surface area contributed by atoms with E-state index in [2.05, 4.69) is 20.6 Å². The second-order valence-corrected chi connectivity index (χ2v) is 7.90. The molecule has 150 valence electrons. The fraction of sp³-hybridized carbons (Fsp3) is 0.381. The summed E-state index contributed by atoms with van der Waals surface area (Å²) in [5, 5.41) is 26.9. The van der Waals surface area contributed by atoms with Gasteiger partial charge in [0.2, 0.25) is 5.88 Å². The normalized spacial score (nSPS) is 23.3. The highest BCUT2D eigenvalue weighted by atomic mass is 16.5. The van der Waals surface area contributed by atoms with Crippen molar-refractivity contribution in [1.82, 2.24) is 25.3 Å². The number of phenols is 1. The van der Waals surface area contributed by atoms with Gasteiger partial charge in [0.1, 0.15) is 11.9 Å². The molecule has 5 rings (SSSR count). The molecule has 3 atom stereocenters. The number of benzene rings is 1. The molecule has 2 unspecified atom stereocenters. The number of nitrogen functional groups attached to an aromatic ring is 1. The first-order valence-corrected chi connectivity index (χ1v) is 9.97. The summed E-state index contributed by atoms with van der Waals surface area (Å²) >= 11 is 0. The number of hydrogen-bond donors (Lipinski definition) is 3. The van der Waals surface area contributed by atoms with Gasteiger partial charge in [-0.25, -0.2) is 4.68 Å². The molecule has 29 heavy (non-hydrogen) atoms. The van der Waals surface area contributed by atoms with Gasteiger partial charge in [0, 0.05) is 29.8 Å². The number of nitrogens with two attached hydrogens (primary N) is 1. The molecule has 2 fully saturated rings. The van der Waals surface area contributed by atoms with Crippen molar-refractivity contribution in [2.45, 2.75) is 50.8 Å². The van der Waals surface area contributed by atoms with Crippen LogP contribution in [0.4, 0.5) is 5.69 Å². The molecular formula is C21H24N6O2. The van der Waals surface area contributed by atoms with Crippen LogP contribution in [-0.2, 0) is 0 Å². The number of anilines is 1. The van der Waals surface area contributed by atoms with Gasteiger partial charge >= 0.3 is 0 Å². The van der Waals surface area contributed by atoms with E-state index in [1.165, 1.54) is 12.8 Å². The molecule has 2 bridgehead atoms. The monoisotopic (exact) mass is 392 g/mol. The summed E-state index contributed by atoms with van der Waals surface area (Å²) in [6.45, 7) is 1.88. The number of piperidine rings is 1. The third-order valence-corrected chi connectivity index (χ3v) is 5.91. The second-order valence-electron chi connectivity index (χ2n) is 7.90. The smallest absolute Gasteiger partial charge is 0.233 e. The van der Waals surface area contributed by atoms with E-state index in [1.54, 1.807) is 23.0 Å². The molecule has 1 aromatic carbocycles. The van der Waals surface area contributed by atoms with E-state index in [4.69, 9.17) is 10.5 Å². The standard InChI is InChI=1S/C21H24N6O2/c1-12-18(22)11-23-27(12)15-4-5-17(20(28)10-15)19-6-7-21(26-25-19)29-16-8-13-2-3-14(9-16)24-13/h4-7,10-11,13-14,16,24,28H,2-3,8-9,22H2,1H3/t13-,14?,16?/m0/s1. The zero-order valence-electron chi connectivity index (χ0n) is 16.2. The molecule has 2 saturated heterocycles. The maximum absolute atomic E-state index is 10.5. The molecule has 8 heteroatoms. The van der Waals surface area contributed by atoms with Crippen LogP contribution in [0.25, 0.3) is 16.9 Å². The van der Waals surface area contributed by atoms with Crippen LogP contribution in [0.1, 0.15) is 31.4 Å². The third-order valence-electron chi connectivity index (χ3n) is 5.91. The van der Waals surface area contributed by atoms with Gasteiger partial charge in [-0.05, 0) is 50.8 Å². The van der Waals surface area contributed by atoms with Crippen molar-refractivity contribution in [3.8, 4) is 28.6 Å². The summed E-state index contributed by atoms with van der Waals surface area (Å²) < 4.78 is 7.74. The Kier molecular flexibility index (Phi) is 4.35. The average molecular weight is 392 g/mol. The van der Waals surface area contributed by atoms with Crippen molar-refractivity contribution < 1.29 is 9.84 Å². The number of nitrogens with zero attached hydrogens (tertiary/aromatic N) is 4. The Balaban J connectivity index is 1.32. The number of aromatic hydroxyl groups is 1. The van der Waals surface area contributed by atoms with Crippen molar-refractivity contribution in [2.24, 2.45) is 0 Å². The molecule has 0 aliphatic carbocycles. The molecule has 2 aliphatic rings. The SMILES string of the molecule is Cc1c(N)cnn1-c1ccc(-c2ccc(OC3CC4CC[C@@H](C3)N4)nn2)c(O)c1. The Bertz CT molecular complexity index is 1020. The molecular weight excluding hydrogens is 368 g/mol. The Morgan fingerprint density at radius 1 is 1.14 bits per heavy atom. The van der Waals surface area contributed by atoms with Crippen molar-refractivity contribution in [1.29, 1.82) is 0 Å². The highest BCUT2D eigenvalue weighted by Gasteiger charge is 2.34. The number of phenolic OH excluding ortho intramolecular Hbond substituents is 1. The van der Waals surface area contributed by atoms with Gasteiger partial charge in [-0.3, -0.25) is 0 Å². The highest BCUT2D eigenvalue weighted by Crippen LogP contribution is 2.32. The average Bonchev–Trinajstić information content (AvgIpc) is 3.23. The number of hydrogen-bond acceptors (Lipinski definition) is 7. The highest BCUT2D eigenvalue weighted by molar-refractivity contribution is 5.68. The molecule has 0 saturated carbocycles. The predicted molar refractivity (Wildman–Crippen MR) is 109 cm³/mol. The van der Waals surface area contributed by atoms with Gasteiger partial charge in [0.15, 0.2) is 0 Å². The first kappa shape index (κ1) is 17.9. The van der Waals surface area contributed by atoms with Crippen LogP contribution in [0, 0.1) is 6.92 Å². The Morgan fingerprint density at radius 3 is 2.55 bits per heavy atom. The first-order chi connectivity index (χ1) is 14.1. The van der Waals surface area contributed by atoms with Crippen LogP contribution in [0.15, 0.2) is 36.5 Å². The number of nitrogens with one attached hydrogen (secondary N) is 1. The summed E-state index contributed by atoms with van der Waals surface area (Å²) in [7, 11) is 0. The molecule has 8 nitrogen and oxygen atoms in total. The fourth-order valence-corrected chi connectivity index (χ4v) is 4.35. The van der Waals surface area contributed by atoms with Gasteiger partial charge in [0.25, 0.3) is 0 Å². The lowest BCUT2D eigenvalue weighted by atomic mass is 10.0. The van der Waals surface area contributed by atoms with E-state index in [0.29, 0.717) is 34.9 Å². The largest absolute Gasteiger partial charge is 0.507 e. The van der Waals surface area contributed by atoms with Gasteiger partial charge in [0.05, 0.1) is 29.0 Å². The predicted octanol–water partition coefficient (Wildman–Crippen LogP) is 2.59. The maximum Gasteiger partial charge on any atom is 0.233 e. The second kappa shape index (κ2) is 7.04. The van der Waals surface area contributed by atoms with E-state index in [0.717, 1.165) is 24.2 Å². The van der Waals surface area contributed by atoms with Crippen molar-refractivity contribution in [3.63, 3.8) is 0 Å². The fourth-order valence-electron chi connectivity index (χ4n) is 4.35. The zero-order chi connectivity index (χ0) is 20.0. The van der Waals surface area contributed by atoms with Crippen LogP contribution in [-0.4, -0.2) is 43.3 Å². The minimum absolute atomic E-state index is 0.105. The topological polar surface area (TPSA) is 111 Å². The zero-order valence-corrected chi connectivity index (χ0v) is 16.2.